The highest BCUT2D eigenvalue weighted by atomic mass is 16.7. The average molecular weight is 422 g/mol. The molecule has 30 heavy (non-hydrogen) atoms. The van der Waals surface area contributed by atoms with Crippen molar-refractivity contribution in [2.75, 3.05) is 6.61 Å². The van der Waals surface area contributed by atoms with Crippen molar-refractivity contribution < 1.29 is 43.5 Å². The number of rotatable bonds is 4. The molecule has 0 aromatic carbocycles. The van der Waals surface area contributed by atoms with E-state index in [0.717, 1.165) is 0 Å². The van der Waals surface area contributed by atoms with Crippen LogP contribution in [0.4, 0.5) is 0 Å². The van der Waals surface area contributed by atoms with E-state index in [0.29, 0.717) is 6.42 Å². The SMILES string of the molecule is C=C(C)C(=O)O[C@H]1C[C@@](C)(O)[C@@]2(O)CC[C@](C)(C=C3OC(=O)C(COC(C)=O)=C31)O2. The molecule has 3 aliphatic rings. The minimum atomic E-state index is -1.91. The van der Waals surface area contributed by atoms with Crippen LogP contribution in [0.3, 0.4) is 0 Å². The quantitative estimate of drug-likeness (QED) is 0.390. The molecule has 2 bridgehead atoms. The third-order valence-electron chi connectivity index (χ3n) is 5.60. The second-order valence-electron chi connectivity index (χ2n) is 8.42. The Labute approximate surface area is 173 Å². The number of ether oxygens (including phenoxy) is 4. The summed E-state index contributed by atoms with van der Waals surface area (Å²) in [6, 6.07) is 0. The van der Waals surface area contributed by atoms with Gasteiger partial charge in [-0.2, -0.15) is 0 Å². The van der Waals surface area contributed by atoms with E-state index >= 15 is 0 Å². The number of fused-ring (bicyclic) bond motifs is 3. The second-order valence-corrected chi connectivity index (χ2v) is 8.42. The molecule has 3 aliphatic heterocycles. The van der Waals surface area contributed by atoms with Crippen LogP contribution in [0.2, 0.25) is 0 Å². The highest BCUT2D eigenvalue weighted by Gasteiger charge is 2.58. The molecule has 3 rings (SSSR count). The van der Waals surface area contributed by atoms with E-state index in [-0.39, 0.29) is 35.3 Å². The molecule has 0 amide bonds. The number of hydrogen-bond acceptors (Lipinski definition) is 9. The van der Waals surface area contributed by atoms with E-state index in [4.69, 9.17) is 18.9 Å². The van der Waals surface area contributed by atoms with Gasteiger partial charge in [-0.3, -0.25) is 4.79 Å². The van der Waals surface area contributed by atoms with Crippen LogP contribution >= 0.6 is 0 Å². The largest absolute Gasteiger partial charge is 0.461 e. The standard InChI is InChI=1S/C21H26O9/c1-11(2)17(23)28-15-9-20(5,25)21(26)7-6-19(4,30-21)8-14-16(15)13(18(24)29-14)10-27-12(3)22/h8,15,25-26H,1,6-7,9-10H2,2-5H3/t15-,19+,20+,21+/m0/s1. The van der Waals surface area contributed by atoms with Crippen LogP contribution in [0.1, 0.15) is 47.0 Å². The normalized spacial score (nSPS) is 35.5. The van der Waals surface area contributed by atoms with Crippen LogP contribution in [0.15, 0.2) is 35.1 Å². The molecule has 9 heteroatoms. The molecule has 0 unspecified atom stereocenters. The van der Waals surface area contributed by atoms with Gasteiger partial charge in [0, 0.05) is 30.9 Å². The first-order valence-electron chi connectivity index (χ1n) is 9.60. The first kappa shape index (κ1) is 22.2. The second kappa shape index (κ2) is 7.33. The van der Waals surface area contributed by atoms with Gasteiger partial charge < -0.3 is 29.2 Å². The highest BCUT2D eigenvalue weighted by molar-refractivity contribution is 5.96. The molecule has 0 aromatic rings. The Morgan fingerprint density at radius 2 is 1.93 bits per heavy atom. The zero-order chi connectivity index (χ0) is 22.5. The number of hydrogen-bond donors (Lipinski definition) is 2. The Kier molecular flexibility index (Phi) is 5.43. The minimum Gasteiger partial charge on any atom is -0.461 e. The van der Waals surface area contributed by atoms with Crippen molar-refractivity contribution >= 4 is 17.9 Å². The maximum Gasteiger partial charge on any atom is 0.343 e. The monoisotopic (exact) mass is 422 g/mol. The van der Waals surface area contributed by atoms with Crippen LogP contribution in [0.5, 0.6) is 0 Å². The predicted octanol–water partition coefficient (Wildman–Crippen LogP) is 1.19. The van der Waals surface area contributed by atoms with Gasteiger partial charge >= 0.3 is 17.9 Å². The van der Waals surface area contributed by atoms with E-state index in [2.05, 4.69) is 6.58 Å². The molecular formula is C21H26O9. The maximum atomic E-state index is 12.5. The maximum absolute atomic E-state index is 12.5. The van der Waals surface area contributed by atoms with Crippen molar-refractivity contribution in [1.29, 1.82) is 0 Å². The molecule has 0 saturated carbocycles. The van der Waals surface area contributed by atoms with E-state index in [1.54, 1.807) is 6.92 Å². The highest BCUT2D eigenvalue weighted by Crippen LogP contribution is 2.49. The summed E-state index contributed by atoms with van der Waals surface area (Å²) in [6.07, 6.45) is 0.495. The molecule has 4 atom stereocenters. The van der Waals surface area contributed by atoms with Crippen molar-refractivity contribution in [3.05, 3.63) is 35.1 Å². The number of aliphatic hydroxyl groups is 2. The zero-order valence-corrected chi connectivity index (χ0v) is 17.4. The van der Waals surface area contributed by atoms with Crippen molar-refractivity contribution in [2.24, 2.45) is 0 Å². The molecule has 0 spiro atoms. The molecule has 3 heterocycles. The van der Waals surface area contributed by atoms with E-state index in [9.17, 15) is 24.6 Å². The summed E-state index contributed by atoms with van der Waals surface area (Å²) >= 11 is 0. The first-order chi connectivity index (χ1) is 13.8. The van der Waals surface area contributed by atoms with Gasteiger partial charge in [0.2, 0.25) is 0 Å². The lowest BCUT2D eigenvalue weighted by Crippen LogP contribution is -2.54. The molecule has 0 aliphatic carbocycles. The predicted molar refractivity (Wildman–Crippen MR) is 101 cm³/mol. The fourth-order valence-electron chi connectivity index (χ4n) is 3.86. The molecule has 9 nitrogen and oxygen atoms in total. The summed E-state index contributed by atoms with van der Waals surface area (Å²) in [5, 5.41) is 22.1. The van der Waals surface area contributed by atoms with Gasteiger partial charge in [-0.1, -0.05) is 6.58 Å². The van der Waals surface area contributed by atoms with E-state index in [1.807, 2.05) is 0 Å². The molecule has 0 radical (unpaired) electrons. The first-order valence-corrected chi connectivity index (χ1v) is 9.60. The summed E-state index contributed by atoms with van der Waals surface area (Å²) in [7, 11) is 0. The third kappa shape index (κ3) is 3.92. The van der Waals surface area contributed by atoms with Gasteiger partial charge in [0.1, 0.15) is 24.1 Å². The van der Waals surface area contributed by atoms with Crippen molar-refractivity contribution in [3.8, 4) is 0 Å². The Balaban J connectivity index is 2.17. The zero-order valence-electron chi connectivity index (χ0n) is 17.4. The average Bonchev–Trinajstić information content (AvgIpc) is 3.09. The molecule has 164 valence electrons. The topological polar surface area (TPSA) is 129 Å². The van der Waals surface area contributed by atoms with Crippen molar-refractivity contribution in [3.63, 3.8) is 0 Å². The van der Waals surface area contributed by atoms with Gasteiger partial charge in [0.15, 0.2) is 5.79 Å². The lowest BCUT2D eigenvalue weighted by molar-refractivity contribution is -0.298. The number of esters is 3. The molecule has 1 fully saturated rings. The van der Waals surface area contributed by atoms with Crippen LogP contribution in [0.25, 0.3) is 0 Å². The van der Waals surface area contributed by atoms with Gasteiger partial charge in [0.25, 0.3) is 0 Å². The summed E-state index contributed by atoms with van der Waals surface area (Å²) in [4.78, 5) is 36.1. The van der Waals surface area contributed by atoms with Crippen molar-refractivity contribution in [2.45, 2.75) is 70.1 Å². The lowest BCUT2D eigenvalue weighted by atomic mass is 9.82. The number of carbonyl (C=O) groups excluding carboxylic acids is 3. The van der Waals surface area contributed by atoms with Gasteiger partial charge in [0.05, 0.1) is 11.2 Å². The summed E-state index contributed by atoms with van der Waals surface area (Å²) in [5.41, 5.74) is -2.64. The molecular weight excluding hydrogens is 396 g/mol. The summed E-state index contributed by atoms with van der Waals surface area (Å²) < 4.78 is 21.7. The third-order valence-corrected chi connectivity index (χ3v) is 5.60. The van der Waals surface area contributed by atoms with Crippen LogP contribution < -0.4 is 0 Å². The Morgan fingerprint density at radius 1 is 1.27 bits per heavy atom. The summed E-state index contributed by atoms with van der Waals surface area (Å²) in [5.74, 6) is -3.96. The van der Waals surface area contributed by atoms with Crippen molar-refractivity contribution in [1.82, 2.24) is 0 Å². The number of carbonyl (C=O) groups is 3. The Bertz CT molecular complexity index is 881. The fraction of sp³-hybridized carbons (Fsp3) is 0.571. The molecule has 2 N–H and O–H groups in total. The molecule has 1 saturated heterocycles. The Morgan fingerprint density at radius 3 is 2.53 bits per heavy atom. The summed E-state index contributed by atoms with van der Waals surface area (Å²) in [6.45, 7) is 8.86. The van der Waals surface area contributed by atoms with E-state index in [1.165, 1.54) is 26.8 Å². The molecule has 0 aromatic heterocycles. The minimum absolute atomic E-state index is 0.0138. The van der Waals surface area contributed by atoms with Gasteiger partial charge in [-0.05, 0) is 33.3 Å². The van der Waals surface area contributed by atoms with Gasteiger partial charge in [-0.25, -0.2) is 9.59 Å². The smallest absolute Gasteiger partial charge is 0.343 e. The van der Waals surface area contributed by atoms with Crippen LogP contribution in [0, 0.1) is 0 Å². The van der Waals surface area contributed by atoms with Crippen LogP contribution in [-0.4, -0.2) is 57.8 Å². The van der Waals surface area contributed by atoms with E-state index < -0.39 is 47.6 Å². The van der Waals surface area contributed by atoms with Crippen LogP contribution in [-0.2, 0) is 33.3 Å². The lowest BCUT2D eigenvalue weighted by Gasteiger charge is -2.40. The fourth-order valence-corrected chi connectivity index (χ4v) is 3.86. The van der Waals surface area contributed by atoms with Gasteiger partial charge in [-0.15, -0.1) is 0 Å². The Hall–Kier alpha value is -2.49.